The van der Waals surface area contributed by atoms with Crippen LogP contribution in [0, 0.1) is 5.92 Å². The Morgan fingerprint density at radius 2 is 1.54 bits per heavy atom. The average molecular weight is 1030 g/mol. The van der Waals surface area contributed by atoms with Gasteiger partial charge in [0, 0.05) is 23.9 Å². The van der Waals surface area contributed by atoms with E-state index in [0.29, 0.717) is 23.5 Å². The highest BCUT2D eigenvalue weighted by atomic mass is 32.7. The van der Waals surface area contributed by atoms with Crippen molar-refractivity contribution < 1.29 is 60.3 Å². The highest BCUT2D eigenvalue weighted by molar-refractivity contribution is 8.54. The van der Waals surface area contributed by atoms with Crippen molar-refractivity contribution in [2.45, 2.75) is 114 Å². The average Bonchev–Trinajstić information content (AvgIpc) is 3.99. The third-order valence-corrected chi connectivity index (χ3v) is 16.5. The number of alkyl halides is 1. The summed E-state index contributed by atoms with van der Waals surface area (Å²) < 4.78 is 93.5. The number of fused-ring (bicyclic) bond motifs is 3. The van der Waals surface area contributed by atoms with Crippen LogP contribution >= 0.6 is 26.0 Å². The van der Waals surface area contributed by atoms with Crippen molar-refractivity contribution in [3.05, 3.63) is 105 Å². The monoisotopic (exact) mass is 1030 g/mol. The molecule has 10 atom stereocenters. The van der Waals surface area contributed by atoms with E-state index < -0.39 is 94.0 Å². The molecule has 2 aromatic carbocycles. The van der Waals surface area contributed by atoms with E-state index in [-0.39, 0.29) is 34.6 Å². The Balaban J connectivity index is 0.00000722. The zero-order chi connectivity index (χ0) is 48.7. The molecular weight excluding hydrogens is 978 g/mol. The Morgan fingerprint density at radius 3 is 2.27 bits per heavy atom. The van der Waals surface area contributed by atoms with Gasteiger partial charge < -0.3 is 44.8 Å². The molecule has 0 bridgehead atoms. The number of rotatable bonds is 17. The maximum atomic E-state index is 16.5. The number of ether oxygens (including phenoxy) is 4. The molecule has 0 saturated carbocycles. The van der Waals surface area contributed by atoms with Crippen LogP contribution in [-0.2, 0) is 42.5 Å². The van der Waals surface area contributed by atoms with Gasteiger partial charge in [0.25, 0.3) is 13.4 Å². The Labute approximate surface area is 405 Å². The number of phosphoric ester groups is 1. The molecule has 6 heterocycles. The molecule has 2 unspecified atom stereocenters. The van der Waals surface area contributed by atoms with E-state index in [1.165, 1.54) is 55.6 Å². The first-order chi connectivity index (χ1) is 33.2. The largest absolute Gasteiger partial charge is 0.756 e. The summed E-state index contributed by atoms with van der Waals surface area (Å²) in [6, 6.07) is 14.2. The Hall–Kier alpha value is -4.84. The smallest absolute Gasteiger partial charge is 0.389 e. The molecule has 3 saturated heterocycles. The van der Waals surface area contributed by atoms with Crippen molar-refractivity contribution in [1.82, 2.24) is 35.2 Å². The van der Waals surface area contributed by atoms with Crippen molar-refractivity contribution in [1.29, 1.82) is 0 Å². The SMILES string of the molecule is CCCCCCCCCCOc1ccc(C(=O)Oc2ccc(CSP3(=O)OC[C@H]4O[C@@H](n5cnc6c(N)ncnc65)[C@H](F)[C@@H]4OP(=O)([O-])OC[C@H]4O[C@@H](n5ccc(=O)[nH]c5=O)[C@H](C)[C@@H]4O3)cc2)cc1.[NH4+]. The normalized spacial score (nSPS) is 27.9. The number of anilines is 1. The van der Waals surface area contributed by atoms with Gasteiger partial charge >= 0.3 is 18.5 Å². The van der Waals surface area contributed by atoms with Crippen LogP contribution in [0.25, 0.3) is 11.2 Å². The van der Waals surface area contributed by atoms with E-state index in [9.17, 15) is 23.8 Å². The molecule has 3 fully saturated rings. The van der Waals surface area contributed by atoms with Crippen molar-refractivity contribution >= 4 is 49.0 Å². The van der Waals surface area contributed by atoms with Gasteiger partial charge in [-0.25, -0.2) is 33.5 Å². The lowest BCUT2D eigenvalue weighted by atomic mass is 10.0. The number of hydrogen-bond acceptors (Lipinski definition) is 19. The molecule has 7 N–H and O–H groups in total. The topological polar surface area (TPSA) is 309 Å². The summed E-state index contributed by atoms with van der Waals surface area (Å²) in [7, 11) is -5.37. The van der Waals surface area contributed by atoms with E-state index in [0.717, 1.165) is 41.2 Å². The molecule has 0 aliphatic carbocycles. The van der Waals surface area contributed by atoms with Gasteiger partial charge in [0.05, 0.1) is 31.7 Å². The summed E-state index contributed by atoms with van der Waals surface area (Å²) >= 11 is 0.750. The van der Waals surface area contributed by atoms with Crippen LogP contribution in [0.5, 0.6) is 11.5 Å². The number of nitrogens with one attached hydrogen (secondary N) is 1. The molecule has 0 radical (unpaired) electrons. The van der Waals surface area contributed by atoms with Gasteiger partial charge in [-0.3, -0.25) is 32.5 Å². The van der Waals surface area contributed by atoms with E-state index in [2.05, 4.69) is 26.9 Å². The lowest BCUT2D eigenvalue weighted by Crippen LogP contribution is -2.37. The lowest BCUT2D eigenvalue weighted by Gasteiger charge is -2.33. The van der Waals surface area contributed by atoms with Gasteiger partial charge in [0.1, 0.15) is 54.0 Å². The second kappa shape index (κ2) is 23.6. The molecule has 3 aromatic heterocycles. The minimum absolute atomic E-state index is 0. The fourth-order valence-corrected chi connectivity index (χ4v) is 12.6. The summed E-state index contributed by atoms with van der Waals surface area (Å²) in [4.78, 5) is 65.4. The standard InChI is InChI=1S/C44H54FN7O14P2S.H3N/c1-3-4-5-6-7-8-9-10-21-59-30-17-13-29(14-18-30)43(54)62-31-15-11-28(12-16-31)24-69-68(58)61-23-33-38(35(45)42(64-33)52-26-49-36-39(46)47-25-48-40(36)52)65-67(56,57)60-22-32-37(66-68)27(2)41(63-32)51-20-19-34(53)50-44(51)55;/h11-20,25-27,32-33,35,37-38,41-42H,3-10,21-24H2,1-2H3,(H,56,57)(H2,46,47,48)(H,50,53,55);1H3/t27-,32-,33-,35-,37+,38-,41-,42-,68?;/m1./s1. The number of halogens is 1. The summed E-state index contributed by atoms with van der Waals surface area (Å²) in [5, 5.41) is 0. The minimum atomic E-state index is -5.37. The zero-order valence-corrected chi connectivity index (χ0v) is 41.3. The predicted octanol–water partition coefficient (Wildman–Crippen LogP) is 7.17. The third-order valence-electron chi connectivity index (χ3n) is 11.9. The minimum Gasteiger partial charge on any atom is -0.756 e. The van der Waals surface area contributed by atoms with Gasteiger partial charge in [-0.1, -0.05) is 70.9 Å². The Bertz CT molecular complexity index is 2770. The number of quaternary nitrogens is 1. The number of phosphoric acid groups is 1. The van der Waals surface area contributed by atoms with Crippen molar-refractivity contribution in [2.75, 3.05) is 25.6 Å². The fourth-order valence-electron chi connectivity index (χ4n) is 8.20. The number of nitrogens with zero attached hydrogens (tertiary/aromatic N) is 5. The Morgan fingerprint density at radius 1 is 0.871 bits per heavy atom. The number of nitrogens with two attached hydrogens (primary N) is 1. The molecule has 5 aromatic rings. The van der Waals surface area contributed by atoms with Crippen LogP contribution in [0.2, 0.25) is 0 Å². The number of hydrogen-bond donors (Lipinski definition) is 3. The van der Waals surface area contributed by atoms with E-state index in [1.54, 1.807) is 55.5 Å². The molecule has 3 aliphatic rings. The summed E-state index contributed by atoms with van der Waals surface area (Å²) in [5.74, 6) is -0.521. The summed E-state index contributed by atoms with van der Waals surface area (Å²) in [6.07, 6.45) is 2.14. The third kappa shape index (κ3) is 12.8. The van der Waals surface area contributed by atoms with Gasteiger partial charge in [-0.2, -0.15) is 0 Å². The molecule has 0 spiro atoms. The quantitative estimate of drug-likeness (QED) is 0.0360. The van der Waals surface area contributed by atoms with Crippen LogP contribution in [-0.4, -0.2) is 85.4 Å². The summed E-state index contributed by atoms with van der Waals surface area (Å²) in [5.41, 5.74) is 5.57. The first-order valence-corrected chi connectivity index (χ1v) is 27.2. The second-order valence-corrected chi connectivity index (χ2v) is 22.2. The number of esters is 1. The molecule has 380 valence electrons. The number of carbonyl (C=O) groups is 1. The van der Waals surface area contributed by atoms with Crippen LogP contribution < -0.4 is 37.5 Å². The summed E-state index contributed by atoms with van der Waals surface area (Å²) in [6.45, 7) is -1.52. The highest BCUT2D eigenvalue weighted by Gasteiger charge is 2.53. The van der Waals surface area contributed by atoms with Gasteiger partial charge in [-0.05, 0) is 59.8 Å². The van der Waals surface area contributed by atoms with Crippen LogP contribution in [0.15, 0.2) is 83.0 Å². The Kier molecular flexibility index (Phi) is 17.9. The molecule has 0 amide bonds. The maximum absolute atomic E-state index is 16.5. The number of aromatic amines is 1. The maximum Gasteiger partial charge on any atom is 0.389 e. The molecule has 70 heavy (non-hydrogen) atoms. The number of H-pyrrole nitrogens is 1. The predicted molar refractivity (Wildman–Crippen MR) is 253 cm³/mol. The number of carbonyl (C=O) groups excluding carboxylic acids is 1. The van der Waals surface area contributed by atoms with Gasteiger partial charge in [-0.15, -0.1) is 0 Å². The van der Waals surface area contributed by atoms with Crippen LogP contribution in [0.3, 0.4) is 0 Å². The van der Waals surface area contributed by atoms with E-state index in [4.69, 9.17) is 42.8 Å². The van der Waals surface area contributed by atoms with Crippen LogP contribution in [0.1, 0.15) is 93.6 Å². The number of nitrogen functional groups attached to an aromatic ring is 1. The van der Waals surface area contributed by atoms with Crippen molar-refractivity contribution in [3.63, 3.8) is 0 Å². The first-order valence-electron chi connectivity index (χ1n) is 22.7. The number of aromatic nitrogens is 6. The van der Waals surface area contributed by atoms with E-state index in [1.807, 2.05) is 0 Å². The molecular formula is C44H57FN8O14P2S. The van der Waals surface area contributed by atoms with Gasteiger partial charge in [0.15, 0.2) is 23.9 Å². The van der Waals surface area contributed by atoms with Gasteiger partial charge in [0.2, 0.25) is 0 Å². The lowest BCUT2D eigenvalue weighted by molar-refractivity contribution is -0.235. The molecule has 26 heteroatoms. The highest BCUT2D eigenvalue weighted by Crippen LogP contribution is 2.65. The first kappa shape index (κ1) is 53.0. The molecule has 22 nitrogen and oxygen atoms in total. The number of unbranched alkanes of at least 4 members (excludes halogenated alkanes) is 7. The second-order valence-electron chi connectivity index (χ2n) is 16.8. The van der Waals surface area contributed by atoms with Crippen LogP contribution in [0.4, 0.5) is 10.2 Å². The van der Waals surface area contributed by atoms with Crippen molar-refractivity contribution in [3.8, 4) is 11.5 Å². The molecule has 8 rings (SSSR count). The molecule has 3 aliphatic heterocycles. The number of imidazole rings is 1. The zero-order valence-electron chi connectivity index (χ0n) is 38.7. The fraction of sp³-hybridized carbons (Fsp3) is 0.500. The van der Waals surface area contributed by atoms with Crippen molar-refractivity contribution in [2.24, 2.45) is 5.92 Å². The van der Waals surface area contributed by atoms with E-state index >= 15 is 8.96 Å². The number of benzene rings is 2.